The van der Waals surface area contributed by atoms with E-state index >= 15 is 0 Å². The molecule has 1 fully saturated rings. The van der Waals surface area contributed by atoms with Gasteiger partial charge in [-0.15, -0.1) is 5.10 Å². The fraction of sp³-hybridized carbons (Fsp3) is 0.261. The zero-order valence-electron chi connectivity index (χ0n) is 18.0. The lowest BCUT2D eigenvalue weighted by molar-refractivity contribution is -0.137. The number of benzene rings is 2. The van der Waals surface area contributed by atoms with Crippen molar-refractivity contribution in [3.63, 3.8) is 0 Å². The standard InChI is InChI=1S/C23H22F3N5O2S/c24-23(25,26)17-7-8-19(31-10-12-33-13-11-31)18(14-17)27-21(32)15-34-22-28-20(29-30-22)9-6-16-4-2-1-3-5-16/h1-9,14H,10-13,15H2,(H,27,32)(H,28,29,30)/b9-6+. The average molecular weight is 490 g/mol. The van der Waals surface area contributed by atoms with Crippen molar-refractivity contribution in [2.75, 3.05) is 42.3 Å². The third kappa shape index (κ3) is 6.39. The van der Waals surface area contributed by atoms with Gasteiger partial charge in [0, 0.05) is 13.1 Å². The van der Waals surface area contributed by atoms with E-state index in [-0.39, 0.29) is 11.4 Å². The van der Waals surface area contributed by atoms with Crippen molar-refractivity contribution < 1.29 is 22.7 Å². The molecule has 0 saturated carbocycles. The van der Waals surface area contributed by atoms with Gasteiger partial charge in [-0.3, -0.25) is 9.89 Å². The smallest absolute Gasteiger partial charge is 0.378 e. The minimum atomic E-state index is -4.51. The first-order valence-electron chi connectivity index (χ1n) is 10.5. The summed E-state index contributed by atoms with van der Waals surface area (Å²) in [7, 11) is 0. The first-order chi connectivity index (χ1) is 16.4. The second-order valence-corrected chi connectivity index (χ2v) is 8.36. The maximum atomic E-state index is 13.2. The SMILES string of the molecule is O=C(CSc1n[nH]c(/C=C/c2ccccc2)n1)Nc1cc(C(F)(F)F)ccc1N1CCOCC1. The Kier molecular flexibility index (Phi) is 7.53. The number of nitrogens with one attached hydrogen (secondary N) is 2. The van der Waals surface area contributed by atoms with Gasteiger partial charge in [-0.2, -0.15) is 13.2 Å². The topological polar surface area (TPSA) is 83.1 Å². The van der Waals surface area contributed by atoms with Crippen LogP contribution in [0, 0.1) is 0 Å². The quantitative estimate of drug-likeness (QED) is 0.474. The molecule has 7 nitrogen and oxygen atoms in total. The van der Waals surface area contributed by atoms with E-state index in [1.54, 1.807) is 6.08 Å². The number of H-pyrrole nitrogens is 1. The number of alkyl halides is 3. The number of morpholine rings is 1. The summed E-state index contributed by atoms with van der Waals surface area (Å²) in [5.41, 5.74) is 0.825. The number of thioether (sulfide) groups is 1. The van der Waals surface area contributed by atoms with Crippen LogP contribution < -0.4 is 10.2 Å². The number of aromatic nitrogens is 3. The van der Waals surface area contributed by atoms with Crippen LogP contribution in [0.5, 0.6) is 0 Å². The minimum Gasteiger partial charge on any atom is -0.378 e. The molecule has 0 unspecified atom stereocenters. The lowest BCUT2D eigenvalue weighted by Gasteiger charge is -2.31. The van der Waals surface area contributed by atoms with E-state index in [9.17, 15) is 18.0 Å². The summed E-state index contributed by atoms with van der Waals surface area (Å²) in [6, 6.07) is 13.0. The van der Waals surface area contributed by atoms with Crippen LogP contribution in [0.3, 0.4) is 0 Å². The molecule has 3 aromatic rings. The largest absolute Gasteiger partial charge is 0.416 e. The van der Waals surface area contributed by atoms with Crippen LogP contribution in [0.25, 0.3) is 12.2 Å². The molecule has 0 spiro atoms. The van der Waals surface area contributed by atoms with Crippen LogP contribution in [0.15, 0.2) is 53.7 Å². The summed E-state index contributed by atoms with van der Waals surface area (Å²) in [4.78, 5) is 18.8. The van der Waals surface area contributed by atoms with Crippen LogP contribution in [0.1, 0.15) is 17.0 Å². The highest BCUT2D eigenvalue weighted by Gasteiger charge is 2.32. The van der Waals surface area contributed by atoms with Crippen LogP contribution in [0.4, 0.5) is 24.5 Å². The Bertz CT molecular complexity index is 1150. The van der Waals surface area contributed by atoms with E-state index in [0.717, 1.165) is 29.5 Å². The summed E-state index contributed by atoms with van der Waals surface area (Å²) >= 11 is 1.09. The number of aromatic amines is 1. The van der Waals surface area contributed by atoms with Gasteiger partial charge < -0.3 is 15.0 Å². The molecule has 1 aliphatic rings. The summed E-state index contributed by atoms with van der Waals surface area (Å²) in [5.74, 6) is 0.0163. The van der Waals surface area contributed by atoms with Crippen LogP contribution in [-0.2, 0) is 15.7 Å². The molecule has 1 aromatic heterocycles. The van der Waals surface area contributed by atoms with Gasteiger partial charge in [0.05, 0.1) is 35.9 Å². The Labute approximate surface area is 198 Å². The molecule has 1 amide bonds. The highest BCUT2D eigenvalue weighted by molar-refractivity contribution is 7.99. The zero-order chi connectivity index (χ0) is 24.0. The van der Waals surface area contributed by atoms with Gasteiger partial charge in [-0.25, -0.2) is 4.98 Å². The third-order valence-corrected chi connectivity index (χ3v) is 5.84. The van der Waals surface area contributed by atoms with Gasteiger partial charge in [0.25, 0.3) is 0 Å². The molecule has 178 valence electrons. The maximum absolute atomic E-state index is 13.2. The van der Waals surface area contributed by atoms with E-state index in [2.05, 4.69) is 20.5 Å². The number of nitrogens with zero attached hydrogens (tertiary/aromatic N) is 3. The van der Waals surface area contributed by atoms with Gasteiger partial charge in [-0.05, 0) is 29.8 Å². The van der Waals surface area contributed by atoms with Crippen molar-refractivity contribution in [3.05, 3.63) is 65.5 Å². The summed E-state index contributed by atoms with van der Waals surface area (Å²) in [6.45, 7) is 1.99. The van der Waals surface area contributed by atoms with E-state index in [1.807, 2.05) is 41.3 Å². The Morgan fingerprint density at radius 3 is 2.65 bits per heavy atom. The van der Waals surface area contributed by atoms with Gasteiger partial charge in [0.15, 0.2) is 0 Å². The number of hydrogen-bond donors (Lipinski definition) is 2. The second-order valence-electron chi connectivity index (χ2n) is 7.41. The van der Waals surface area contributed by atoms with Crippen molar-refractivity contribution in [2.24, 2.45) is 0 Å². The highest BCUT2D eigenvalue weighted by Crippen LogP contribution is 2.36. The lowest BCUT2D eigenvalue weighted by atomic mass is 10.1. The van der Waals surface area contributed by atoms with Crippen molar-refractivity contribution >= 4 is 41.2 Å². The number of halogens is 3. The first kappa shape index (κ1) is 23.8. The average Bonchev–Trinajstić information content (AvgIpc) is 3.30. The summed E-state index contributed by atoms with van der Waals surface area (Å²) in [5, 5.41) is 9.83. The number of rotatable bonds is 7. The van der Waals surface area contributed by atoms with Crippen molar-refractivity contribution in [2.45, 2.75) is 11.3 Å². The molecule has 4 rings (SSSR count). The van der Waals surface area contributed by atoms with Crippen LogP contribution in [-0.4, -0.2) is 53.1 Å². The number of anilines is 2. The van der Waals surface area contributed by atoms with Gasteiger partial charge in [-0.1, -0.05) is 48.2 Å². The Morgan fingerprint density at radius 2 is 1.91 bits per heavy atom. The van der Waals surface area contributed by atoms with Crippen LogP contribution in [0.2, 0.25) is 0 Å². The predicted octanol–water partition coefficient (Wildman–Crippen LogP) is 4.56. The summed E-state index contributed by atoms with van der Waals surface area (Å²) < 4.78 is 45.1. The lowest BCUT2D eigenvalue weighted by Crippen LogP contribution is -2.37. The number of carbonyl (C=O) groups is 1. The number of carbonyl (C=O) groups excluding carboxylic acids is 1. The van der Waals surface area contributed by atoms with Crippen molar-refractivity contribution in [1.29, 1.82) is 0 Å². The maximum Gasteiger partial charge on any atom is 0.416 e. The Balaban J connectivity index is 1.40. The third-order valence-electron chi connectivity index (χ3n) is 5.00. The van der Waals surface area contributed by atoms with Gasteiger partial charge in [0.1, 0.15) is 5.82 Å². The molecule has 1 aliphatic heterocycles. The van der Waals surface area contributed by atoms with E-state index < -0.39 is 17.6 Å². The second kappa shape index (κ2) is 10.7. The molecule has 2 N–H and O–H groups in total. The Morgan fingerprint density at radius 1 is 1.15 bits per heavy atom. The molecule has 0 atom stereocenters. The highest BCUT2D eigenvalue weighted by atomic mass is 32.2. The zero-order valence-corrected chi connectivity index (χ0v) is 18.8. The molecule has 34 heavy (non-hydrogen) atoms. The molecular weight excluding hydrogens is 467 g/mol. The predicted molar refractivity (Wildman–Crippen MR) is 126 cm³/mol. The molecule has 2 heterocycles. The number of hydrogen-bond acceptors (Lipinski definition) is 6. The monoisotopic (exact) mass is 489 g/mol. The Hall–Kier alpha value is -3.31. The molecule has 1 saturated heterocycles. The molecular formula is C23H22F3N5O2S. The van der Waals surface area contributed by atoms with Crippen LogP contribution >= 0.6 is 11.8 Å². The summed E-state index contributed by atoms with van der Waals surface area (Å²) in [6.07, 6.45) is -0.868. The molecule has 0 radical (unpaired) electrons. The molecule has 11 heteroatoms. The molecule has 0 aliphatic carbocycles. The molecule has 2 aromatic carbocycles. The first-order valence-corrected chi connectivity index (χ1v) is 11.5. The van der Waals surface area contributed by atoms with E-state index in [4.69, 9.17) is 4.74 Å². The van der Waals surface area contributed by atoms with E-state index in [1.165, 1.54) is 6.07 Å². The van der Waals surface area contributed by atoms with Crippen molar-refractivity contribution in [1.82, 2.24) is 15.2 Å². The number of amides is 1. The fourth-order valence-corrected chi connectivity index (χ4v) is 3.95. The fourth-order valence-electron chi connectivity index (χ4n) is 3.35. The number of ether oxygens (including phenoxy) is 1. The van der Waals surface area contributed by atoms with Crippen molar-refractivity contribution in [3.8, 4) is 0 Å². The normalized spacial score (nSPS) is 14.5. The molecule has 0 bridgehead atoms. The van der Waals surface area contributed by atoms with Gasteiger partial charge in [0.2, 0.25) is 11.1 Å². The van der Waals surface area contributed by atoms with E-state index in [0.29, 0.717) is 43.0 Å². The van der Waals surface area contributed by atoms with Gasteiger partial charge >= 0.3 is 6.18 Å². The minimum absolute atomic E-state index is 0.0571.